The summed E-state index contributed by atoms with van der Waals surface area (Å²) in [5.74, 6) is 2.24. The van der Waals surface area contributed by atoms with Crippen LogP contribution in [0.4, 0.5) is 11.4 Å². The van der Waals surface area contributed by atoms with Crippen molar-refractivity contribution in [2.45, 2.75) is 19.4 Å². The normalized spacial score (nSPS) is 18.3. The van der Waals surface area contributed by atoms with E-state index in [-0.39, 0.29) is 11.9 Å². The van der Waals surface area contributed by atoms with Crippen LogP contribution in [0.2, 0.25) is 5.02 Å². The molecule has 1 fully saturated rings. The molecule has 110 valence electrons. The van der Waals surface area contributed by atoms with E-state index in [0.29, 0.717) is 16.4 Å². The van der Waals surface area contributed by atoms with Gasteiger partial charge in [0.2, 0.25) is 5.91 Å². The summed E-state index contributed by atoms with van der Waals surface area (Å²) in [5.41, 5.74) is 6.97. The number of hydrogen-bond donors (Lipinski definition) is 2. The summed E-state index contributed by atoms with van der Waals surface area (Å²) in [4.78, 5) is 14.5. The van der Waals surface area contributed by atoms with Crippen LogP contribution in [-0.4, -0.2) is 41.4 Å². The smallest absolute Gasteiger partial charge is 0.241 e. The molecule has 1 saturated heterocycles. The summed E-state index contributed by atoms with van der Waals surface area (Å²) in [5, 5.41) is 3.45. The lowest BCUT2D eigenvalue weighted by Crippen LogP contribution is -2.43. The van der Waals surface area contributed by atoms with E-state index in [2.05, 4.69) is 10.2 Å². The van der Waals surface area contributed by atoms with Gasteiger partial charge in [0.15, 0.2) is 0 Å². The predicted octanol–water partition coefficient (Wildman–Crippen LogP) is 2.69. The van der Waals surface area contributed by atoms with Crippen LogP contribution in [-0.2, 0) is 4.79 Å². The lowest BCUT2D eigenvalue weighted by atomic mass is 10.2. The van der Waals surface area contributed by atoms with Crippen molar-refractivity contribution < 1.29 is 4.79 Å². The summed E-state index contributed by atoms with van der Waals surface area (Å²) in [6.45, 7) is 3.87. The fraction of sp³-hybridized carbons (Fsp3) is 0.500. The molecule has 0 saturated carbocycles. The number of anilines is 2. The van der Waals surface area contributed by atoms with E-state index in [0.717, 1.165) is 25.3 Å². The SMILES string of the molecule is CC(C(=O)Nc1ccc(Cl)cc1N)N1CCCSCC1. The van der Waals surface area contributed by atoms with Crippen molar-refractivity contribution >= 4 is 40.6 Å². The molecule has 1 heterocycles. The molecule has 3 N–H and O–H groups in total. The quantitative estimate of drug-likeness (QED) is 0.842. The van der Waals surface area contributed by atoms with E-state index in [1.165, 1.54) is 5.75 Å². The highest BCUT2D eigenvalue weighted by molar-refractivity contribution is 7.99. The minimum Gasteiger partial charge on any atom is -0.397 e. The number of carbonyl (C=O) groups is 1. The number of nitrogens with two attached hydrogens (primary N) is 1. The molecule has 1 unspecified atom stereocenters. The number of rotatable bonds is 3. The maximum absolute atomic E-state index is 12.3. The van der Waals surface area contributed by atoms with Crippen molar-refractivity contribution in [3.05, 3.63) is 23.2 Å². The Morgan fingerprint density at radius 2 is 2.25 bits per heavy atom. The molecular formula is C14H20ClN3OS. The average molecular weight is 314 g/mol. The number of carbonyl (C=O) groups excluding carboxylic acids is 1. The van der Waals surface area contributed by atoms with Crippen LogP contribution in [0.15, 0.2) is 18.2 Å². The van der Waals surface area contributed by atoms with Crippen LogP contribution in [0.25, 0.3) is 0 Å². The zero-order chi connectivity index (χ0) is 14.5. The fourth-order valence-corrected chi connectivity index (χ4v) is 3.28. The van der Waals surface area contributed by atoms with E-state index in [1.807, 2.05) is 18.7 Å². The second-order valence-corrected chi connectivity index (χ2v) is 6.56. The van der Waals surface area contributed by atoms with E-state index in [9.17, 15) is 4.79 Å². The maximum atomic E-state index is 12.3. The van der Waals surface area contributed by atoms with Crippen molar-refractivity contribution in [1.29, 1.82) is 0 Å². The number of benzene rings is 1. The highest BCUT2D eigenvalue weighted by Gasteiger charge is 2.22. The fourth-order valence-electron chi connectivity index (χ4n) is 2.20. The molecule has 1 atom stereocenters. The molecule has 0 aliphatic carbocycles. The van der Waals surface area contributed by atoms with Crippen LogP contribution in [0.1, 0.15) is 13.3 Å². The van der Waals surface area contributed by atoms with Gasteiger partial charge in [0.05, 0.1) is 17.4 Å². The highest BCUT2D eigenvalue weighted by Crippen LogP contribution is 2.23. The molecular weight excluding hydrogens is 294 g/mol. The summed E-state index contributed by atoms with van der Waals surface area (Å²) in [6, 6.07) is 4.95. The van der Waals surface area contributed by atoms with Crippen LogP contribution < -0.4 is 11.1 Å². The molecule has 1 amide bonds. The van der Waals surface area contributed by atoms with Gasteiger partial charge >= 0.3 is 0 Å². The van der Waals surface area contributed by atoms with E-state index in [1.54, 1.807) is 18.2 Å². The molecule has 1 aromatic rings. The Morgan fingerprint density at radius 1 is 1.45 bits per heavy atom. The molecule has 0 aromatic heterocycles. The Hall–Kier alpha value is -0.910. The number of halogens is 1. The Kier molecular flexibility index (Phi) is 5.57. The van der Waals surface area contributed by atoms with Crippen molar-refractivity contribution in [3.63, 3.8) is 0 Å². The third kappa shape index (κ3) is 4.04. The second kappa shape index (κ2) is 7.20. The van der Waals surface area contributed by atoms with Gasteiger partial charge in [-0.25, -0.2) is 0 Å². The third-order valence-electron chi connectivity index (χ3n) is 3.46. The van der Waals surface area contributed by atoms with Gasteiger partial charge in [0.1, 0.15) is 0 Å². The molecule has 20 heavy (non-hydrogen) atoms. The molecule has 6 heteroatoms. The summed E-state index contributed by atoms with van der Waals surface area (Å²) < 4.78 is 0. The number of nitrogens with one attached hydrogen (secondary N) is 1. The highest BCUT2D eigenvalue weighted by atomic mass is 35.5. The Balaban J connectivity index is 1.99. The van der Waals surface area contributed by atoms with Gasteiger partial charge in [-0.1, -0.05) is 11.6 Å². The zero-order valence-electron chi connectivity index (χ0n) is 11.6. The van der Waals surface area contributed by atoms with Crippen molar-refractivity contribution in [2.24, 2.45) is 0 Å². The first-order valence-corrected chi connectivity index (χ1v) is 8.29. The maximum Gasteiger partial charge on any atom is 0.241 e. The molecule has 0 radical (unpaired) electrons. The van der Waals surface area contributed by atoms with Crippen LogP contribution in [0.3, 0.4) is 0 Å². The van der Waals surface area contributed by atoms with Crippen molar-refractivity contribution in [2.75, 3.05) is 35.6 Å². The van der Waals surface area contributed by atoms with Crippen LogP contribution in [0.5, 0.6) is 0 Å². The van der Waals surface area contributed by atoms with Gasteiger partial charge in [0, 0.05) is 17.3 Å². The minimum absolute atomic E-state index is 0.0223. The van der Waals surface area contributed by atoms with Crippen LogP contribution >= 0.6 is 23.4 Å². The Labute approximate surface area is 129 Å². The first kappa shape index (κ1) is 15.5. The standard InChI is InChI=1S/C14H20ClN3OS/c1-10(18-5-2-7-20-8-6-18)14(19)17-13-4-3-11(15)9-12(13)16/h3-4,9-10H,2,5-8,16H2,1H3,(H,17,19). The number of hydrogen-bond acceptors (Lipinski definition) is 4. The van der Waals surface area contributed by atoms with Crippen molar-refractivity contribution in [3.8, 4) is 0 Å². The first-order chi connectivity index (χ1) is 9.58. The van der Waals surface area contributed by atoms with Crippen molar-refractivity contribution in [1.82, 2.24) is 4.90 Å². The molecule has 0 bridgehead atoms. The van der Waals surface area contributed by atoms with Gasteiger partial charge in [-0.3, -0.25) is 9.69 Å². The predicted molar refractivity (Wildman–Crippen MR) is 87.5 cm³/mol. The van der Waals surface area contributed by atoms with Gasteiger partial charge in [0.25, 0.3) is 0 Å². The topological polar surface area (TPSA) is 58.4 Å². The lowest BCUT2D eigenvalue weighted by Gasteiger charge is -2.26. The monoisotopic (exact) mass is 313 g/mol. The number of amides is 1. The Morgan fingerprint density at radius 3 is 3.00 bits per heavy atom. The summed E-state index contributed by atoms with van der Waals surface area (Å²) in [6.07, 6.45) is 1.13. The largest absolute Gasteiger partial charge is 0.397 e. The Bertz CT molecular complexity index is 475. The number of nitrogens with zero attached hydrogens (tertiary/aromatic N) is 1. The molecule has 2 rings (SSSR count). The third-order valence-corrected chi connectivity index (χ3v) is 4.74. The zero-order valence-corrected chi connectivity index (χ0v) is 13.1. The van der Waals surface area contributed by atoms with Gasteiger partial charge < -0.3 is 11.1 Å². The van der Waals surface area contributed by atoms with Gasteiger partial charge in [-0.15, -0.1) is 0 Å². The summed E-state index contributed by atoms with van der Waals surface area (Å²) >= 11 is 7.80. The van der Waals surface area contributed by atoms with E-state index >= 15 is 0 Å². The lowest BCUT2D eigenvalue weighted by molar-refractivity contribution is -0.120. The molecule has 0 spiro atoms. The molecule has 1 aromatic carbocycles. The second-order valence-electron chi connectivity index (χ2n) is 4.90. The van der Waals surface area contributed by atoms with E-state index in [4.69, 9.17) is 17.3 Å². The number of nitrogen functional groups attached to an aromatic ring is 1. The van der Waals surface area contributed by atoms with Gasteiger partial charge in [-0.2, -0.15) is 11.8 Å². The van der Waals surface area contributed by atoms with Crippen LogP contribution in [0, 0.1) is 0 Å². The number of thioether (sulfide) groups is 1. The van der Waals surface area contributed by atoms with Gasteiger partial charge in [-0.05, 0) is 43.8 Å². The average Bonchev–Trinajstić information content (AvgIpc) is 2.70. The first-order valence-electron chi connectivity index (χ1n) is 6.75. The minimum atomic E-state index is -0.149. The molecule has 1 aliphatic heterocycles. The van der Waals surface area contributed by atoms with E-state index < -0.39 is 0 Å². The summed E-state index contributed by atoms with van der Waals surface area (Å²) in [7, 11) is 0. The molecule has 1 aliphatic rings. The molecule has 4 nitrogen and oxygen atoms in total.